The molecule has 0 spiro atoms. The molecule has 0 atom stereocenters. The van der Waals surface area contributed by atoms with E-state index in [2.05, 4.69) is 52.6 Å². The van der Waals surface area contributed by atoms with Crippen LogP contribution in [0.25, 0.3) is 0 Å². The fraction of sp³-hybridized carbons (Fsp3) is 0.538. The first-order chi connectivity index (χ1) is 7.74. The van der Waals surface area contributed by atoms with Crippen LogP contribution >= 0.6 is 27.7 Å². The molecular formula is C13H20BrNS. The average Bonchev–Trinajstić information content (AvgIpc) is 2.28. The second-order valence-electron chi connectivity index (χ2n) is 3.96. The Balaban J connectivity index is 2.19. The van der Waals surface area contributed by atoms with Crippen LogP contribution in [0.5, 0.6) is 0 Å². The Hall–Kier alpha value is 0.01000. The van der Waals surface area contributed by atoms with Gasteiger partial charge in [0.05, 0.1) is 0 Å². The third kappa shape index (κ3) is 5.37. The highest BCUT2D eigenvalue weighted by Gasteiger charge is 1.97. The zero-order valence-electron chi connectivity index (χ0n) is 10.1. The van der Waals surface area contributed by atoms with Gasteiger partial charge in [-0.25, -0.2) is 0 Å². The molecule has 0 aliphatic heterocycles. The van der Waals surface area contributed by atoms with Gasteiger partial charge in [0.25, 0.3) is 0 Å². The molecule has 1 N–H and O–H groups in total. The van der Waals surface area contributed by atoms with Crippen LogP contribution < -0.4 is 5.32 Å². The highest BCUT2D eigenvalue weighted by atomic mass is 79.9. The predicted octanol–water partition coefficient (Wildman–Crippen LogP) is 3.99. The maximum atomic E-state index is 3.52. The van der Waals surface area contributed by atoms with Crippen molar-refractivity contribution in [3.63, 3.8) is 0 Å². The van der Waals surface area contributed by atoms with Gasteiger partial charge in [-0.2, -0.15) is 11.8 Å². The lowest BCUT2D eigenvalue weighted by atomic mass is 10.1. The van der Waals surface area contributed by atoms with Gasteiger partial charge in [-0.15, -0.1) is 0 Å². The highest BCUT2D eigenvalue weighted by molar-refractivity contribution is 9.10. The minimum atomic E-state index is 0.980. The molecule has 0 bridgehead atoms. The van der Waals surface area contributed by atoms with E-state index in [1.165, 1.54) is 34.2 Å². The molecule has 1 aromatic carbocycles. The SMILES string of the molecule is CSCCCCNCc1ccc(Br)c(C)c1. The Bertz CT molecular complexity index is 315. The Morgan fingerprint density at radius 2 is 2.12 bits per heavy atom. The van der Waals surface area contributed by atoms with Gasteiger partial charge >= 0.3 is 0 Å². The fourth-order valence-corrected chi connectivity index (χ4v) is 2.29. The van der Waals surface area contributed by atoms with E-state index in [4.69, 9.17) is 0 Å². The van der Waals surface area contributed by atoms with E-state index in [1.54, 1.807) is 0 Å². The summed E-state index contributed by atoms with van der Waals surface area (Å²) in [6, 6.07) is 6.53. The maximum Gasteiger partial charge on any atom is 0.0205 e. The number of rotatable bonds is 7. The summed E-state index contributed by atoms with van der Waals surface area (Å²) in [5.74, 6) is 1.28. The van der Waals surface area contributed by atoms with Crippen molar-refractivity contribution in [3.05, 3.63) is 33.8 Å². The van der Waals surface area contributed by atoms with Gasteiger partial charge in [-0.05, 0) is 55.5 Å². The Morgan fingerprint density at radius 3 is 2.81 bits per heavy atom. The molecule has 1 rings (SSSR count). The van der Waals surface area contributed by atoms with Crippen LogP contribution in [0.3, 0.4) is 0 Å². The van der Waals surface area contributed by atoms with Crippen LogP contribution in [0.2, 0.25) is 0 Å². The minimum Gasteiger partial charge on any atom is -0.313 e. The van der Waals surface area contributed by atoms with Crippen LogP contribution in [-0.2, 0) is 6.54 Å². The second kappa shape index (κ2) is 8.15. The standard InChI is InChI=1S/C13H20BrNS/c1-11-9-12(5-6-13(11)14)10-15-7-3-4-8-16-2/h5-6,9,15H,3-4,7-8,10H2,1-2H3. The lowest BCUT2D eigenvalue weighted by molar-refractivity contribution is 0.643. The third-order valence-electron chi connectivity index (χ3n) is 2.50. The lowest BCUT2D eigenvalue weighted by Crippen LogP contribution is -2.14. The van der Waals surface area contributed by atoms with Gasteiger partial charge in [0.1, 0.15) is 0 Å². The largest absolute Gasteiger partial charge is 0.313 e. The molecular weight excluding hydrogens is 282 g/mol. The van der Waals surface area contributed by atoms with Crippen molar-refractivity contribution < 1.29 is 0 Å². The Morgan fingerprint density at radius 1 is 1.31 bits per heavy atom. The van der Waals surface area contributed by atoms with Gasteiger partial charge in [-0.1, -0.05) is 28.1 Å². The van der Waals surface area contributed by atoms with Crippen molar-refractivity contribution in [1.82, 2.24) is 5.32 Å². The summed E-state index contributed by atoms with van der Waals surface area (Å²) >= 11 is 5.44. The molecule has 1 aromatic rings. The smallest absolute Gasteiger partial charge is 0.0205 e. The first-order valence-electron chi connectivity index (χ1n) is 5.68. The number of unbranched alkanes of at least 4 members (excludes halogenated alkanes) is 1. The molecule has 3 heteroatoms. The van der Waals surface area contributed by atoms with Crippen LogP contribution in [0, 0.1) is 6.92 Å². The van der Waals surface area contributed by atoms with Crippen molar-refractivity contribution >= 4 is 27.7 Å². The van der Waals surface area contributed by atoms with Gasteiger partial charge in [0, 0.05) is 11.0 Å². The van der Waals surface area contributed by atoms with E-state index in [1.807, 2.05) is 11.8 Å². The summed E-state index contributed by atoms with van der Waals surface area (Å²) in [5.41, 5.74) is 2.67. The summed E-state index contributed by atoms with van der Waals surface area (Å²) in [5, 5.41) is 3.48. The third-order valence-corrected chi connectivity index (χ3v) is 4.09. The molecule has 0 fully saturated rings. The van der Waals surface area contributed by atoms with Gasteiger partial charge in [0.2, 0.25) is 0 Å². The number of benzene rings is 1. The Labute approximate surface area is 112 Å². The van der Waals surface area contributed by atoms with Crippen LogP contribution in [0.4, 0.5) is 0 Å². The molecule has 0 aliphatic carbocycles. The molecule has 0 unspecified atom stereocenters. The monoisotopic (exact) mass is 301 g/mol. The number of hydrogen-bond acceptors (Lipinski definition) is 2. The summed E-state index contributed by atoms with van der Waals surface area (Å²) in [6.07, 6.45) is 4.75. The van der Waals surface area contributed by atoms with Gasteiger partial charge in [0.15, 0.2) is 0 Å². The van der Waals surface area contributed by atoms with Crippen LogP contribution in [0.1, 0.15) is 24.0 Å². The normalized spacial score (nSPS) is 10.7. The van der Waals surface area contributed by atoms with Crippen molar-refractivity contribution in [2.75, 3.05) is 18.6 Å². The summed E-state index contributed by atoms with van der Waals surface area (Å²) in [6.45, 7) is 4.23. The number of aryl methyl sites for hydroxylation is 1. The second-order valence-corrected chi connectivity index (χ2v) is 5.80. The number of nitrogens with one attached hydrogen (secondary N) is 1. The molecule has 0 radical (unpaired) electrons. The van der Waals surface area contributed by atoms with E-state index in [-0.39, 0.29) is 0 Å². The van der Waals surface area contributed by atoms with Crippen molar-refractivity contribution in [2.45, 2.75) is 26.3 Å². The van der Waals surface area contributed by atoms with Crippen LogP contribution in [-0.4, -0.2) is 18.6 Å². The minimum absolute atomic E-state index is 0.980. The molecule has 0 aliphatic rings. The lowest BCUT2D eigenvalue weighted by Gasteiger charge is -2.06. The first kappa shape index (κ1) is 14.1. The number of hydrogen-bond donors (Lipinski definition) is 1. The number of halogens is 1. The molecule has 1 nitrogen and oxygen atoms in total. The topological polar surface area (TPSA) is 12.0 Å². The van der Waals surface area contributed by atoms with Crippen molar-refractivity contribution in [2.24, 2.45) is 0 Å². The molecule has 90 valence electrons. The van der Waals surface area contributed by atoms with Crippen molar-refractivity contribution in [1.29, 1.82) is 0 Å². The number of thioether (sulfide) groups is 1. The molecule has 0 saturated carbocycles. The summed E-state index contributed by atoms with van der Waals surface area (Å²) in [7, 11) is 0. The molecule has 0 aromatic heterocycles. The van der Waals surface area contributed by atoms with Crippen LogP contribution in [0.15, 0.2) is 22.7 Å². The van der Waals surface area contributed by atoms with E-state index in [0.717, 1.165) is 13.1 Å². The summed E-state index contributed by atoms with van der Waals surface area (Å²) in [4.78, 5) is 0. The zero-order valence-corrected chi connectivity index (χ0v) is 12.5. The quantitative estimate of drug-likeness (QED) is 0.764. The molecule has 16 heavy (non-hydrogen) atoms. The predicted molar refractivity (Wildman–Crippen MR) is 78.2 cm³/mol. The van der Waals surface area contributed by atoms with E-state index in [9.17, 15) is 0 Å². The maximum absolute atomic E-state index is 3.52. The fourth-order valence-electron chi connectivity index (χ4n) is 1.55. The van der Waals surface area contributed by atoms with E-state index >= 15 is 0 Å². The molecule has 0 amide bonds. The highest BCUT2D eigenvalue weighted by Crippen LogP contribution is 2.16. The van der Waals surface area contributed by atoms with E-state index < -0.39 is 0 Å². The average molecular weight is 302 g/mol. The van der Waals surface area contributed by atoms with Gasteiger partial charge < -0.3 is 5.32 Å². The van der Waals surface area contributed by atoms with Gasteiger partial charge in [-0.3, -0.25) is 0 Å². The zero-order chi connectivity index (χ0) is 11.8. The first-order valence-corrected chi connectivity index (χ1v) is 7.87. The van der Waals surface area contributed by atoms with E-state index in [0.29, 0.717) is 0 Å². The van der Waals surface area contributed by atoms with Crippen molar-refractivity contribution in [3.8, 4) is 0 Å². The molecule has 0 saturated heterocycles. The Kier molecular flexibility index (Phi) is 7.17. The molecule has 0 heterocycles. The summed E-state index contributed by atoms with van der Waals surface area (Å²) < 4.78 is 1.19.